The number of carbonyl (C=O) groups is 3. The van der Waals surface area contributed by atoms with Gasteiger partial charge in [-0.05, 0) is 30.2 Å². The summed E-state index contributed by atoms with van der Waals surface area (Å²) in [5, 5.41) is 2.76. The maximum Gasteiger partial charge on any atom is 0.327 e. The highest BCUT2D eigenvalue weighted by molar-refractivity contribution is 7.90. The van der Waals surface area contributed by atoms with Gasteiger partial charge in [0.05, 0.1) is 22.2 Å². The number of piperazine rings is 1. The summed E-state index contributed by atoms with van der Waals surface area (Å²) in [7, 11) is -3.43. The topological polar surface area (TPSA) is 107 Å². The molecular formula is C23H23ClN4O5S. The molecule has 1 saturated carbocycles. The van der Waals surface area contributed by atoms with Gasteiger partial charge in [-0.15, -0.1) is 0 Å². The van der Waals surface area contributed by atoms with Crippen molar-refractivity contribution in [2.24, 2.45) is 0 Å². The normalized spacial score (nSPS) is 24.3. The lowest BCUT2D eigenvalue weighted by Crippen LogP contribution is -2.55. The highest BCUT2D eigenvalue weighted by Gasteiger charge is 2.56. The second kappa shape index (κ2) is 8.28. The number of benzene rings is 2. The van der Waals surface area contributed by atoms with Gasteiger partial charge in [0.15, 0.2) is 9.84 Å². The molecule has 9 nitrogen and oxygen atoms in total. The Morgan fingerprint density at radius 1 is 1.09 bits per heavy atom. The molecule has 2 aliphatic heterocycles. The number of nitrogens with one attached hydrogen (secondary N) is 1. The number of sulfone groups is 1. The standard InChI is InChI=1S/C23H23ClN4O5S/c1-34(32,33)15-7-8-18(17(24)11-15)25-22(30)26-9-10-27-20(13-26)21(29)28(23(27)31)19-12-16(19)14-5-3-2-4-6-14/h2-8,11,16,19-20H,9-10,12-13H2,1H3,(H,25,30)/t16-,19+,20?/m0/s1. The molecule has 0 radical (unpaired) electrons. The summed E-state index contributed by atoms with van der Waals surface area (Å²) >= 11 is 6.16. The minimum Gasteiger partial charge on any atom is -0.320 e. The number of rotatable bonds is 4. The van der Waals surface area contributed by atoms with E-state index < -0.39 is 21.9 Å². The number of amides is 5. The number of halogens is 1. The summed E-state index contributed by atoms with van der Waals surface area (Å²) in [6.07, 6.45) is 1.82. The molecular weight excluding hydrogens is 480 g/mol. The number of urea groups is 2. The van der Waals surface area contributed by atoms with Gasteiger partial charge in [0, 0.05) is 31.3 Å². The van der Waals surface area contributed by atoms with Crippen LogP contribution in [0.4, 0.5) is 15.3 Å². The Labute approximate surface area is 202 Å². The minimum atomic E-state index is -3.43. The van der Waals surface area contributed by atoms with Crippen molar-refractivity contribution >= 4 is 45.1 Å². The smallest absolute Gasteiger partial charge is 0.320 e. The number of nitrogens with zero attached hydrogens (tertiary/aromatic N) is 3. The Balaban J connectivity index is 1.26. The Morgan fingerprint density at radius 2 is 1.82 bits per heavy atom. The molecule has 0 bridgehead atoms. The van der Waals surface area contributed by atoms with Gasteiger partial charge in [-0.25, -0.2) is 18.0 Å². The molecule has 0 aromatic heterocycles. The van der Waals surface area contributed by atoms with Crippen LogP contribution in [-0.4, -0.2) is 79.1 Å². The molecule has 1 N–H and O–H groups in total. The summed E-state index contributed by atoms with van der Waals surface area (Å²) in [6.45, 7) is 0.596. The van der Waals surface area contributed by atoms with E-state index in [0.29, 0.717) is 0 Å². The van der Waals surface area contributed by atoms with E-state index in [0.717, 1.165) is 18.2 Å². The van der Waals surface area contributed by atoms with Gasteiger partial charge in [-0.2, -0.15) is 0 Å². The first-order valence-corrected chi connectivity index (χ1v) is 13.2. The lowest BCUT2D eigenvalue weighted by atomic mass is 10.1. The zero-order valence-corrected chi connectivity index (χ0v) is 19.9. The second-order valence-corrected chi connectivity index (χ2v) is 11.2. The summed E-state index contributed by atoms with van der Waals surface area (Å²) < 4.78 is 23.4. The maximum atomic E-state index is 13.1. The van der Waals surface area contributed by atoms with Crippen LogP contribution in [0.15, 0.2) is 53.4 Å². The quantitative estimate of drug-likeness (QED) is 0.647. The predicted octanol–water partition coefficient (Wildman–Crippen LogP) is 2.78. The van der Waals surface area contributed by atoms with Gasteiger partial charge in [-0.1, -0.05) is 41.9 Å². The Morgan fingerprint density at radius 3 is 2.50 bits per heavy atom. The van der Waals surface area contributed by atoms with Crippen molar-refractivity contribution in [2.75, 3.05) is 31.2 Å². The third-order valence-corrected chi connectivity index (χ3v) is 7.99. The fourth-order valence-corrected chi connectivity index (χ4v) is 5.59. The van der Waals surface area contributed by atoms with Crippen LogP contribution in [0.25, 0.3) is 0 Å². The Kier molecular flexibility index (Phi) is 5.52. The molecule has 178 valence electrons. The molecule has 5 amide bonds. The van der Waals surface area contributed by atoms with Crippen molar-refractivity contribution in [3.8, 4) is 0 Å². The van der Waals surface area contributed by atoms with Crippen LogP contribution >= 0.6 is 11.6 Å². The van der Waals surface area contributed by atoms with Gasteiger partial charge in [0.2, 0.25) is 0 Å². The fraction of sp³-hybridized carbons (Fsp3) is 0.348. The molecule has 1 unspecified atom stereocenters. The highest BCUT2D eigenvalue weighted by atomic mass is 35.5. The van der Waals surface area contributed by atoms with Crippen molar-refractivity contribution in [1.82, 2.24) is 14.7 Å². The van der Waals surface area contributed by atoms with E-state index in [1.165, 1.54) is 28.0 Å². The second-order valence-electron chi connectivity index (χ2n) is 8.81. The molecule has 0 spiro atoms. The molecule has 3 atom stereocenters. The lowest BCUT2D eigenvalue weighted by molar-refractivity contribution is -0.129. The van der Waals surface area contributed by atoms with Gasteiger partial charge in [0.25, 0.3) is 5.91 Å². The third-order valence-electron chi connectivity index (χ3n) is 6.57. The van der Waals surface area contributed by atoms with E-state index in [1.807, 2.05) is 30.3 Å². The molecule has 2 saturated heterocycles. The molecule has 1 aliphatic carbocycles. The molecule has 3 fully saturated rings. The molecule has 2 aromatic rings. The minimum absolute atomic E-state index is 0.0492. The molecule has 5 rings (SSSR count). The van der Waals surface area contributed by atoms with Gasteiger partial charge in [0.1, 0.15) is 6.04 Å². The molecule has 11 heteroatoms. The van der Waals surface area contributed by atoms with E-state index >= 15 is 0 Å². The van der Waals surface area contributed by atoms with Crippen LogP contribution in [0.3, 0.4) is 0 Å². The largest absolute Gasteiger partial charge is 0.327 e. The number of anilines is 1. The SMILES string of the molecule is CS(=O)(=O)c1ccc(NC(=O)N2CCN3C(=O)N([C@@H]4C[C@H]4c4ccccc4)C(=O)C3C2)c(Cl)c1. The number of hydrogen-bond acceptors (Lipinski definition) is 5. The molecule has 2 aromatic carbocycles. The van der Waals surface area contributed by atoms with E-state index in [4.69, 9.17) is 11.6 Å². The van der Waals surface area contributed by atoms with Crippen molar-refractivity contribution in [3.63, 3.8) is 0 Å². The van der Waals surface area contributed by atoms with E-state index in [1.54, 1.807) is 4.90 Å². The zero-order valence-electron chi connectivity index (χ0n) is 18.3. The average molecular weight is 503 g/mol. The molecule has 3 aliphatic rings. The summed E-state index contributed by atoms with van der Waals surface area (Å²) in [5.41, 5.74) is 1.37. The third kappa shape index (κ3) is 4.01. The fourth-order valence-electron chi connectivity index (χ4n) is 4.65. The number of hydrogen-bond donors (Lipinski definition) is 1. The van der Waals surface area contributed by atoms with Crippen LogP contribution in [0.1, 0.15) is 17.9 Å². The summed E-state index contributed by atoms with van der Waals surface area (Å²) in [4.78, 5) is 43.4. The van der Waals surface area contributed by atoms with E-state index in [9.17, 15) is 22.8 Å². The van der Waals surface area contributed by atoms with Crippen molar-refractivity contribution in [1.29, 1.82) is 0 Å². The monoisotopic (exact) mass is 502 g/mol. The maximum absolute atomic E-state index is 13.1. The highest BCUT2D eigenvalue weighted by Crippen LogP contribution is 2.46. The first-order valence-electron chi connectivity index (χ1n) is 10.9. The number of imide groups is 1. The van der Waals surface area contributed by atoms with Crippen LogP contribution < -0.4 is 5.32 Å². The van der Waals surface area contributed by atoms with Crippen molar-refractivity contribution < 1.29 is 22.8 Å². The van der Waals surface area contributed by atoms with Crippen LogP contribution in [-0.2, 0) is 14.6 Å². The lowest BCUT2D eigenvalue weighted by Gasteiger charge is -2.35. The van der Waals surface area contributed by atoms with Crippen LogP contribution in [0.5, 0.6) is 0 Å². The summed E-state index contributed by atoms with van der Waals surface area (Å²) in [6, 6.07) is 12.3. The average Bonchev–Trinajstić information content (AvgIpc) is 3.55. The van der Waals surface area contributed by atoms with E-state index in [-0.39, 0.29) is 59.1 Å². The Hall–Kier alpha value is -3.11. The van der Waals surface area contributed by atoms with Crippen LogP contribution in [0, 0.1) is 0 Å². The van der Waals surface area contributed by atoms with Gasteiger partial charge >= 0.3 is 12.1 Å². The number of carbonyl (C=O) groups excluding carboxylic acids is 3. The van der Waals surface area contributed by atoms with Crippen molar-refractivity contribution in [2.45, 2.75) is 29.3 Å². The first-order chi connectivity index (χ1) is 16.1. The predicted molar refractivity (Wildman–Crippen MR) is 125 cm³/mol. The molecule has 34 heavy (non-hydrogen) atoms. The van der Waals surface area contributed by atoms with Gasteiger partial charge in [-0.3, -0.25) is 9.69 Å². The zero-order chi connectivity index (χ0) is 24.2. The van der Waals surface area contributed by atoms with Crippen LogP contribution in [0.2, 0.25) is 5.02 Å². The van der Waals surface area contributed by atoms with Crippen molar-refractivity contribution in [3.05, 3.63) is 59.1 Å². The number of fused-ring (bicyclic) bond motifs is 1. The summed E-state index contributed by atoms with van der Waals surface area (Å²) in [5.74, 6) is -0.131. The molecule has 2 heterocycles. The van der Waals surface area contributed by atoms with E-state index in [2.05, 4.69) is 5.32 Å². The van der Waals surface area contributed by atoms with Gasteiger partial charge < -0.3 is 15.1 Å². The first kappa shape index (κ1) is 22.7. The Bertz CT molecular complexity index is 1290.